The molecule has 0 saturated carbocycles. The van der Waals surface area contributed by atoms with E-state index in [4.69, 9.17) is 4.74 Å². The van der Waals surface area contributed by atoms with Gasteiger partial charge in [0.1, 0.15) is 6.61 Å². The molecule has 2 rings (SSSR count). The Morgan fingerprint density at radius 2 is 1.67 bits per heavy atom. The third kappa shape index (κ3) is 6.00. The van der Waals surface area contributed by atoms with Crippen molar-refractivity contribution in [1.82, 2.24) is 5.32 Å². The number of carbonyl (C=O) groups is 2. The van der Waals surface area contributed by atoms with Crippen LogP contribution in [0.15, 0.2) is 59.1 Å². The smallest absolute Gasteiger partial charge is 0.434 e. The number of carbonyl (C=O) groups excluding carboxylic acids is 2. The van der Waals surface area contributed by atoms with Crippen LogP contribution in [0.5, 0.6) is 0 Å². The van der Waals surface area contributed by atoms with E-state index in [9.17, 15) is 22.8 Å². The summed E-state index contributed by atoms with van der Waals surface area (Å²) < 4.78 is 52.0. The zero-order chi connectivity index (χ0) is 22.2. The molecule has 1 atom stereocenters. The molecule has 0 saturated heterocycles. The van der Waals surface area contributed by atoms with Crippen molar-refractivity contribution in [2.45, 2.75) is 25.2 Å². The Kier molecular flexibility index (Phi) is 7.89. The number of halogens is 4. The second kappa shape index (κ2) is 10.2. The maximum atomic E-state index is 14.0. The van der Waals surface area contributed by atoms with Gasteiger partial charge in [-0.3, -0.25) is 5.32 Å². The second-order valence-corrected chi connectivity index (χ2v) is 6.83. The average molecular weight is 484 g/mol. The van der Waals surface area contributed by atoms with Crippen molar-refractivity contribution < 1.29 is 32.2 Å². The molecule has 0 aromatic heterocycles. The zero-order valence-corrected chi connectivity index (χ0v) is 17.3. The van der Waals surface area contributed by atoms with Gasteiger partial charge in [-0.25, -0.2) is 9.59 Å². The van der Waals surface area contributed by atoms with Gasteiger partial charge < -0.3 is 9.47 Å². The number of alkyl carbamates (subject to hydrolysis) is 1. The number of rotatable bonds is 5. The summed E-state index contributed by atoms with van der Waals surface area (Å²) in [5, 5.41) is 1.56. The van der Waals surface area contributed by atoms with Gasteiger partial charge in [0, 0.05) is 10.0 Å². The van der Waals surface area contributed by atoms with Crippen molar-refractivity contribution in [1.29, 1.82) is 0 Å². The highest BCUT2D eigenvalue weighted by atomic mass is 79.9. The number of esters is 1. The first-order valence-corrected chi connectivity index (χ1v) is 9.49. The Bertz CT molecular complexity index is 937. The summed E-state index contributed by atoms with van der Waals surface area (Å²) in [4.78, 5) is 24.4. The van der Waals surface area contributed by atoms with Crippen molar-refractivity contribution >= 4 is 28.0 Å². The van der Waals surface area contributed by atoms with Crippen molar-refractivity contribution in [2.24, 2.45) is 0 Å². The van der Waals surface area contributed by atoms with Crippen molar-refractivity contribution in [3.63, 3.8) is 0 Å². The quantitative estimate of drug-likeness (QED) is 0.498. The van der Waals surface area contributed by atoms with Gasteiger partial charge in [-0.15, -0.1) is 0 Å². The van der Waals surface area contributed by atoms with Gasteiger partial charge in [0.25, 0.3) is 5.54 Å². The molecule has 0 fully saturated rings. The van der Waals surface area contributed by atoms with Crippen LogP contribution in [0.25, 0.3) is 0 Å². The molecule has 0 spiro atoms. The Balaban J connectivity index is 2.35. The van der Waals surface area contributed by atoms with Crippen molar-refractivity contribution in [2.75, 3.05) is 6.61 Å². The molecule has 30 heavy (non-hydrogen) atoms. The lowest BCUT2D eigenvalue weighted by molar-refractivity contribution is -0.198. The van der Waals surface area contributed by atoms with E-state index in [0.717, 1.165) is 0 Å². The van der Waals surface area contributed by atoms with Gasteiger partial charge in [-0.2, -0.15) is 13.2 Å². The number of hydrogen-bond acceptors (Lipinski definition) is 4. The molecule has 0 bridgehead atoms. The van der Waals surface area contributed by atoms with E-state index in [-0.39, 0.29) is 18.8 Å². The third-order valence-electron chi connectivity index (χ3n) is 3.75. The summed E-state index contributed by atoms with van der Waals surface area (Å²) in [7, 11) is 0. The molecule has 9 heteroatoms. The van der Waals surface area contributed by atoms with E-state index in [1.807, 2.05) is 5.92 Å². The Morgan fingerprint density at radius 1 is 1.03 bits per heavy atom. The lowest BCUT2D eigenvalue weighted by Crippen LogP contribution is -2.63. The average Bonchev–Trinajstić information content (AvgIpc) is 2.70. The van der Waals surface area contributed by atoms with E-state index in [0.29, 0.717) is 10.0 Å². The SMILES string of the molecule is CCOC(=O)C(C#Cc1ccc(Br)cc1)(NC(=O)OCc1ccccc1)C(F)(F)F. The molecular formula is C21H17BrF3NO4. The van der Waals surface area contributed by atoms with E-state index < -0.39 is 23.8 Å². The summed E-state index contributed by atoms with van der Waals surface area (Å²) in [5.41, 5.74) is -2.83. The fraction of sp³-hybridized carbons (Fsp3) is 0.238. The summed E-state index contributed by atoms with van der Waals surface area (Å²) in [6, 6.07) is 14.4. The monoisotopic (exact) mass is 483 g/mol. The highest BCUT2D eigenvalue weighted by molar-refractivity contribution is 9.10. The van der Waals surface area contributed by atoms with Crippen LogP contribution >= 0.6 is 15.9 Å². The lowest BCUT2D eigenvalue weighted by atomic mass is 9.99. The molecule has 0 aliphatic heterocycles. The van der Waals surface area contributed by atoms with Gasteiger partial charge in [0.05, 0.1) is 6.61 Å². The first kappa shape index (κ1) is 23.3. The standard InChI is InChI=1S/C21H17BrF3NO4/c1-2-29-18(27)20(21(23,24)25,13-12-15-8-10-17(22)11-9-15)26-19(28)30-14-16-6-4-3-5-7-16/h3-11H,2,14H2,1H3,(H,26,28). The maximum absolute atomic E-state index is 14.0. The number of alkyl halides is 3. The largest absolute Gasteiger partial charge is 0.463 e. The maximum Gasteiger partial charge on any atom is 0.434 e. The predicted molar refractivity (Wildman–Crippen MR) is 106 cm³/mol. The lowest BCUT2D eigenvalue weighted by Gasteiger charge is -2.29. The number of benzene rings is 2. The highest BCUT2D eigenvalue weighted by Gasteiger charge is 2.63. The molecule has 0 aliphatic rings. The fourth-order valence-electron chi connectivity index (χ4n) is 2.24. The topological polar surface area (TPSA) is 64.6 Å². The van der Waals surface area contributed by atoms with E-state index >= 15 is 0 Å². The summed E-state index contributed by atoms with van der Waals surface area (Å²) in [5.74, 6) is 2.37. The number of hydrogen-bond donors (Lipinski definition) is 1. The number of ether oxygens (including phenoxy) is 2. The van der Waals surface area contributed by atoms with Crippen LogP contribution in [-0.2, 0) is 20.9 Å². The van der Waals surface area contributed by atoms with Crippen molar-refractivity contribution in [3.8, 4) is 11.8 Å². The fourth-order valence-corrected chi connectivity index (χ4v) is 2.51. The number of nitrogens with one attached hydrogen (secondary N) is 1. The zero-order valence-electron chi connectivity index (χ0n) is 15.8. The van der Waals surface area contributed by atoms with Crippen LogP contribution in [0.3, 0.4) is 0 Å². The first-order chi connectivity index (χ1) is 14.2. The molecule has 2 aromatic rings. The van der Waals surface area contributed by atoms with Gasteiger partial charge in [-0.1, -0.05) is 52.2 Å². The van der Waals surface area contributed by atoms with Crippen LogP contribution in [0, 0.1) is 11.8 Å². The van der Waals surface area contributed by atoms with Crippen molar-refractivity contribution in [3.05, 3.63) is 70.2 Å². The molecule has 5 nitrogen and oxygen atoms in total. The summed E-state index contributed by atoms with van der Waals surface area (Å²) in [6.07, 6.45) is -6.73. The predicted octanol–water partition coefficient (Wildman–Crippen LogP) is 4.59. The Morgan fingerprint density at radius 3 is 2.23 bits per heavy atom. The molecular weight excluding hydrogens is 467 g/mol. The van der Waals surface area contributed by atoms with E-state index in [1.54, 1.807) is 47.8 Å². The molecule has 1 unspecified atom stereocenters. The first-order valence-electron chi connectivity index (χ1n) is 8.69. The Labute approximate surface area is 179 Å². The number of amides is 1. The molecule has 0 heterocycles. The minimum atomic E-state index is -5.27. The molecule has 2 aromatic carbocycles. The second-order valence-electron chi connectivity index (χ2n) is 5.91. The van der Waals surface area contributed by atoms with Crippen LogP contribution < -0.4 is 5.32 Å². The normalized spacial score (nSPS) is 12.7. The minimum Gasteiger partial charge on any atom is -0.463 e. The highest BCUT2D eigenvalue weighted by Crippen LogP contribution is 2.32. The van der Waals surface area contributed by atoms with Crippen LogP contribution in [0.1, 0.15) is 18.1 Å². The van der Waals surface area contributed by atoms with Gasteiger partial charge in [0.2, 0.25) is 0 Å². The van der Waals surface area contributed by atoms with Gasteiger partial charge >= 0.3 is 18.2 Å². The summed E-state index contributed by atoms with van der Waals surface area (Å²) >= 11 is 3.20. The summed E-state index contributed by atoms with van der Waals surface area (Å²) in [6.45, 7) is 0.718. The third-order valence-corrected chi connectivity index (χ3v) is 4.28. The molecule has 0 aliphatic carbocycles. The molecule has 158 valence electrons. The Hall–Kier alpha value is -2.99. The molecule has 1 amide bonds. The van der Waals surface area contributed by atoms with Crippen LogP contribution in [-0.4, -0.2) is 30.4 Å². The minimum absolute atomic E-state index is 0.204. The van der Waals surface area contributed by atoms with Gasteiger partial charge in [-0.05, 0) is 42.7 Å². The van der Waals surface area contributed by atoms with Gasteiger partial charge in [0.15, 0.2) is 0 Å². The van der Waals surface area contributed by atoms with Crippen LogP contribution in [0.2, 0.25) is 0 Å². The van der Waals surface area contributed by atoms with E-state index in [2.05, 4.69) is 26.6 Å². The molecule has 0 radical (unpaired) electrons. The van der Waals surface area contributed by atoms with E-state index in [1.165, 1.54) is 19.1 Å². The molecule has 1 N–H and O–H groups in total. The van der Waals surface area contributed by atoms with Crippen LogP contribution in [0.4, 0.5) is 18.0 Å².